The average molecular weight is 638 g/mol. The van der Waals surface area contributed by atoms with Crippen molar-refractivity contribution in [3.8, 4) is 22.3 Å². The monoisotopic (exact) mass is 637 g/mol. The molecule has 50 heavy (non-hydrogen) atoms. The Kier molecular flexibility index (Phi) is 6.53. The first-order valence-corrected chi connectivity index (χ1v) is 17.1. The SMILES string of the molecule is c1ccc(-c2ccc(N(c3ccc4oc5cc(-c6ccccc6)c6ccccc6c5c4c3)c3cccc4c3ccc3ccccc34)cc2)cc1. The van der Waals surface area contributed by atoms with E-state index >= 15 is 0 Å². The minimum atomic E-state index is 0.877. The molecule has 2 nitrogen and oxygen atoms in total. The second-order valence-electron chi connectivity index (χ2n) is 12.9. The molecule has 0 saturated heterocycles. The maximum absolute atomic E-state index is 6.63. The van der Waals surface area contributed by atoms with E-state index in [1.165, 1.54) is 54.6 Å². The summed E-state index contributed by atoms with van der Waals surface area (Å²) in [5.74, 6) is 0. The van der Waals surface area contributed by atoms with Gasteiger partial charge in [-0.05, 0) is 91.6 Å². The first kappa shape index (κ1) is 28.4. The van der Waals surface area contributed by atoms with E-state index in [9.17, 15) is 0 Å². The molecule has 0 radical (unpaired) electrons. The van der Waals surface area contributed by atoms with E-state index in [0.717, 1.165) is 39.0 Å². The van der Waals surface area contributed by atoms with Gasteiger partial charge in [-0.1, -0.05) is 146 Å². The van der Waals surface area contributed by atoms with Crippen LogP contribution >= 0.6 is 0 Å². The van der Waals surface area contributed by atoms with Crippen LogP contribution in [0.1, 0.15) is 0 Å². The lowest BCUT2D eigenvalue weighted by Gasteiger charge is -2.27. The Morgan fingerprint density at radius 2 is 0.980 bits per heavy atom. The van der Waals surface area contributed by atoms with Gasteiger partial charge in [0.05, 0.1) is 5.69 Å². The van der Waals surface area contributed by atoms with Gasteiger partial charge in [0.25, 0.3) is 0 Å². The highest BCUT2D eigenvalue weighted by atomic mass is 16.3. The van der Waals surface area contributed by atoms with Gasteiger partial charge in [-0.2, -0.15) is 0 Å². The minimum absolute atomic E-state index is 0.877. The molecule has 0 saturated carbocycles. The molecule has 0 spiro atoms. The van der Waals surface area contributed by atoms with E-state index in [1.807, 2.05) is 0 Å². The van der Waals surface area contributed by atoms with E-state index in [-0.39, 0.29) is 0 Å². The van der Waals surface area contributed by atoms with Crippen molar-refractivity contribution in [3.63, 3.8) is 0 Å². The fraction of sp³-hybridized carbons (Fsp3) is 0. The summed E-state index contributed by atoms with van der Waals surface area (Å²) in [5.41, 5.74) is 9.82. The van der Waals surface area contributed by atoms with E-state index < -0.39 is 0 Å². The van der Waals surface area contributed by atoms with E-state index in [2.05, 4.69) is 193 Å². The molecule has 0 aliphatic carbocycles. The van der Waals surface area contributed by atoms with Crippen LogP contribution in [-0.4, -0.2) is 0 Å². The summed E-state index contributed by atoms with van der Waals surface area (Å²) in [7, 11) is 0. The van der Waals surface area contributed by atoms with Gasteiger partial charge in [0.2, 0.25) is 0 Å². The summed E-state index contributed by atoms with van der Waals surface area (Å²) in [5, 5.41) is 9.58. The molecular weight excluding hydrogens is 607 g/mol. The van der Waals surface area contributed by atoms with Gasteiger partial charge in [-0.3, -0.25) is 0 Å². The lowest BCUT2D eigenvalue weighted by molar-refractivity contribution is 0.669. The third-order valence-electron chi connectivity index (χ3n) is 10.0. The lowest BCUT2D eigenvalue weighted by Crippen LogP contribution is -2.10. The molecule has 2 heteroatoms. The topological polar surface area (TPSA) is 16.4 Å². The molecule has 9 aromatic carbocycles. The van der Waals surface area contributed by atoms with Gasteiger partial charge in [0.15, 0.2) is 0 Å². The molecule has 0 N–H and O–H groups in total. The van der Waals surface area contributed by atoms with Crippen molar-refractivity contribution in [2.45, 2.75) is 0 Å². The van der Waals surface area contributed by atoms with Crippen molar-refractivity contribution < 1.29 is 4.42 Å². The third-order valence-corrected chi connectivity index (χ3v) is 10.0. The van der Waals surface area contributed by atoms with Crippen molar-refractivity contribution in [1.82, 2.24) is 0 Å². The van der Waals surface area contributed by atoms with Gasteiger partial charge >= 0.3 is 0 Å². The fourth-order valence-electron chi connectivity index (χ4n) is 7.70. The Bertz CT molecular complexity index is 2850. The maximum Gasteiger partial charge on any atom is 0.136 e. The largest absolute Gasteiger partial charge is 0.456 e. The van der Waals surface area contributed by atoms with Gasteiger partial charge in [-0.25, -0.2) is 0 Å². The van der Waals surface area contributed by atoms with E-state index in [1.54, 1.807) is 0 Å². The third kappa shape index (κ3) is 4.57. The summed E-state index contributed by atoms with van der Waals surface area (Å²) in [4.78, 5) is 2.39. The molecule has 1 heterocycles. The van der Waals surface area contributed by atoms with Crippen LogP contribution in [0.4, 0.5) is 17.1 Å². The second kappa shape index (κ2) is 11.5. The number of benzene rings is 9. The van der Waals surface area contributed by atoms with Crippen LogP contribution in [0.5, 0.6) is 0 Å². The smallest absolute Gasteiger partial charge is 0.136 e. The predicted octanol–water partition coefficient (Wildman–Crippen LogP) is 13.8. The fourth-order valence-corrected chi connectivity index (χ4v) is 7.70. The summed E-state index contributed by atoms with van der Waals surface area (Å²) in [6, 6.07) is 67.4. The zero-order valence-electron chi connectivity index (χ0n) is 27.3. The first-order valence-electron chi connectivity index (χ1n) is 17.1. The highest BCUT2D eigenvalue weighted by molar-refractivity contribution is 6.22. The molecule has 0 amide bonds. The van der Waals surface area contributed by atoms with Crippen LogP contribution in [0.15, 0.2) is 192 Å². The van der Waals surface area contributed by atoms with Crippen molar-refractivity contribution >= 4 is 71.3 Å². The minimum Gasteiger partial charge on any atom is -0.456 e. The van der Waals surface area contributed by atoms with Crippen molar-refractivity contribution in [3.05, 3.63) is 188 Å². The van der Waals surface area contributed by atoms with Gasteiger partial charge < -0.3 is 9.32 Å². The molecule has 0 atom stereocenters. The molecule has 234 valence electrons. The number of hydrogen-bond donors (Lipinski definition) is 0. The molecule has 0 fully saturated rings. The number of rotatable bonds is 5. The van der Waals surface area contributed by atoms with Crippen molar-refractivity contribution in [1.29, 1.82) is 0 Å². The number of fused-ring (bicyclic) bond motifs is 8. The lowest BCUT2D eigenvalue weighted by atomic mass is 9.95. The molecule has 0 aliphatic rings. The Labute approximate surface area is 290 Å². The van der Waals surface area contributed by atoms with Gasteiger partial charge in [0, 0.05) is 27.5 Å². The first-order chi connectivity index (χ1) is 24.8. The number of anilines is 3. The molecule has 0 unspecified atom stereocenters. The predicted molar refractivity (Wildman–Crippen MR) is 212 cm³/mol. The number of hydrogen-bond acceptors (Lipinski definition) is 2. The molecule has 10 aromatic rings. The van der Waals surface area contributed by atoms with Crippen LogP contribution < -0.4 is 4.90 Å². The molecule has 10 rings (SSSR count). The average Bonchev–Trinajstić information content (AvgIpc) is 3.57. The Morgan fingerprint density at radius 3 is 1.78 bits per heavy atom. The van der Waals surface area contributed by atoms with E-state index in [0.29, 0.717) is 0 Å². The quantitative estimate of drug-likeness (QED) is 0.175. The zero-order chi connectivity index (χ0) is 33.0. The molecule has 0 aliphatic heterocycles. The normalized spacial score (nSPS) is 11.6. The summed E-state index contributed by atoms with van der Waals surface area (Å²) < 4.78 is 6.63. The van der Waals surface area contributed by atoms with Crippen LogP contribution in [0.3, 0.4) is 0 Å². The Hall–Kier alpha value is -6.64. The molecular formula is C48H31NO. The van der Waals surface area contributed by atoms with Crippen molar-refractivity contribution in [2.24, 2.45) is 0 Å². The van der Waals surface area contributed by atoms with Crippen LogP contribution in [0.2, 0.25) is 0 Å². The van der Waals surface area contributed by atoms with Crippen molar-refractivity contribution in [2.75, 3.05) is 4.90 Å². The Balaban J connectivity index is 1.22. The molecule has 1 aromatic heterocycles. The van der Waals surface area contributed by atoms with Crippen LogP contribution in [0.25, 0.3) is 76.5 Å². The number of furan rings is 1. The van der Waals surface area contributed by atoms with Gasteiger partial charge in [0.1, 0.15) is 11.2 Å². The van der Waals surface area contributed by atoms with Crippen LogP contribution in [-0.2, 0) is 0 Å². The van der Waals surface area contributed by atoms with Crippen LogP contribution in [0, 0.1) is 0 Å². The molecule has 0 bridgehead atoms. The highest BCUT2D eigenvalue weighted by Gasteiger charge is 2.20. The summed E-state index contributed by atoms with van der Waals surface area (Å²) in [6.45, 7) is 0. The highest BCUT2D eigenvalue weighted by Crippen LogP contribution is 2.45. The zero-order valence-corrected chi connectivity index (χ0v) is 27.3. The second-order valence-corrected chi connectivity index (χ2v) is 12.9. The van der Waals surface area contributed by atoms with E-state index in [4.69, 9.17) is 4.42 Å². The standard InChI is InChI=1S/C48H31NO/c1-3-12-32(13-4-1)33-22-25-36(26-23-33)49(45-21-11-20-39-38-17-8-7-16-35(38)24-28-41(39)45)37-27-29-46-44(30-37)48-42-19-10-9-18-40(42)43(31-47(48)50-46)34-14-5-2-6-15-34/h1-31H. The summed E-state index contributed by atoms with van der Waals surface area (Å²) >= 11 is 0. The summed E-state index contributed by atoms with van der Waals surface area (Å²) in [6.07, 6.45) is 0. The maximum atomic E-state index is 6.63. The Morgan fingerprint density at radius 1 is 0.340 bits per heavy atom. The van der Waals surface area contributed by atoms with Gasteiger partial charge in [-0.15, -0.1) is 0 Å². The number of nitrogens with zero attached hydrogens (tertiary/aromatic N) is 1.